The molecule has 1 aromatic carbocycles. The number of allylic oxidation sites excluding steroid dienone is 2. The van der Waals surface area contributed by atoms with E-state index in [4.69, 9.17) is 11.5 Å². The molecule has 0 radical (unpaired) electrons. The van der Waals surface area contributed by atoms with Crippen molar-refractivity contribution in [2.24, 2.45) is 18.5 Å². The first-order valence-electron chi connectivity index (χ1n) is 10.4. The van der Waals surface area contributed by atoms with Crippen LogP contribution in [0.3, 0.4) is 0 Å². The molecule has 2 heterocycles. The van der Waals surface area contributed by atoms with Crippen molar-refractivity contribution < 1.29 is 5.11 Å². The lowest BCUT2D eigenvalue weighted by molar-refractivity contribution is 0.345. The van der Waals surface area contributed by atoms with Crippen LogP contribution >= 0.6 is 0 Å². The fraction of sp³-hybridized carbons (Fsp3) is 0.391. The molecule has 1 fully saturated rings. The van der Waals surface area contributed by atoms with Crippen molar-refractivity contribution >= 4 is 5.70 Å². The highest BCUT2D eigenvalue weighted by atomic mass is 16.3. The van der Waals surface area contributed by atoms with E-state index in [-0.39, 0.29) is 16.8 Å². The summed E-state index contributed by atoms with van der Waals surface area (Å²) < 4.78 is 1.39. The van der Waals surface area contributed by atoms with Gasteiger partial charge in [0.15, 0.2) is 0 Å². The van der Waals surface area contributed by atoms with E-state index in [1.165, 1.54) is 17.0 Å². The van der Waals surface area contributed by atoms with Crippen molar-refractivity contribution in [3.8, 4) is 17.0 Å². The molecule has 3 rings (SSSR count). The standard InChI is InChI=1S/C23H32N6O2/c1-23(2,3)27-16-9-10-29(13-16)21(25)8-7-18(24)17-6-5-15(11-20(17)30)19-12-22(31)28(4)14-26-19/h5-8,11-12,14,16,27,30H,9-10,13,24-25H2,1-4H3/b18-7-,21-8+. The highest BCUT2D eigenvalue weighted by Gasteiger charge is 2.26. The van der Waals surface area contributed by atoms with Crippen LogP contribution < -0.4 is 22.3 Å². The molecule has 0 spiro atoms. The number of aryl methyl sites for hydroxylation is 1. The average Bonchev–Trinajstić information content (AvgIpc) is 3.14. The summed E-state index contributed by atoms with van der Waals surface area (Å²) in [5, 5.41) is 14.1. The number of aromatic nitrogens is 2. The zero-order chi connectivity index (χ0) is 22.8. The molecule has 31 heavy (non-hydrogen) atoms. The third kappa shape index (κ3) is 5.67. The number of likely N-dealkylation sites (tertiary alicyclic amines) is 1. The van der Waals surface area contributed by atoms with Gasteiger partial charge in [0, 0.05) is 54.6 Å². The van der Waals surface area contributed by atoms with Crippen molar-refractivity contribution in [1.29, 1.82) is 0 Å². The summed E-state index contributed by atoms with van der Waals surface area (Å²) in [5.41, 5.74) is 14.3. The van der Waals surface area contributed by atoms with Crippen molar-refractivity contribution in [2.45, 2.75) is 38.8 Å². The van der Waals surface area contributed by atoms with Gasteiger partial charge in [0.2, 0.25) is 0 Å². The molecule has 1 unspecified atom stereocenters. The number of rotatable bonds is 5. The summed E-state index contributed by atoms with van der Waals surface area (Å²) in [7, 11) is 1.63. The van der Waals surface area contributed by atoms with Crippen LogP contribution in [0.2, 0.25) is 0 Å². The maximum Gasteiger partial charge on any atom is 0.253 e. The summed E-state index contributed by atoms with van der Waals surface area (Å²) >= 11 is 0. The molecule has 2 aromatic rings. The number of phenols is 1. The minimum atomic E-state index is -0.171. The molecule has 0 bridgehead atoms. The number of hydrogen-bond acceptors (Lipinski definition) is 7. The summed E-state index contributed by atoms with van der Waals surface area (Å²) in [5.74, 6) is 0.651. The van der Waals surface area contributed by atoms with Crippen molar-refractivity contribution in [3.63, 3.8) is 0 Å². The van der Waals surface area contributed by atoms with E-state index >= 15 is 0 Å². The molecule has 1 saturated heterocycles. The maximum atomic E-state index is 11.8. The molecular formula is C23H32N6O2. The molecule has 166 valence electrons. The second kappa shape index (κ2) is 8.85. The van der Waals surface area contributed by atoms with E-state index in [9.17, 15) is 9.90 Å². The van der Waals surface area contributed by atoms with E-state index in [2.05, 4.69) is 36.0 Å². The maximum absolute atomic E-state index is 11.8. The van der Waals surface area contributed by atoms with Crippen LogP contribution in [0.4, 0.5) is 0 Å². The predicted octanol–water partition coefficient (Wildman–Crippen LogP) is 1.71. The number of nitrogens with zero attached hydrogens (tertiary/aromatic N) is 3. The largest absolute Gasteiger partial charge is 0.507 e. The summed E-state index contributed by atoms with van der Waals surface area (Å²) in [6, 6.07) is 6.85. The van der Waals surface area contributed by atoms with Crippen LogP contribution in [-0.4, -0.2) is 44.2 Å². The highest BCUT2D eigenvalue weighted by molar-refractivity contribution is 5.73. The van der Waals surface area contributed by atoms with Crippen molar-refractivity contribution in [1.82, 2.24) is 19.8 Å². The van der Waals surface area contributed by atoms with E-state index in [0.29, 0.717) is 34.4 Å². The van der Waals surface area contributed by atoms with Gasteiger partial charge >= 0.3 is 0 Å². The average molecular weight is 425 g/mol. The zero-order valence-corrected chi connectivity index (χ0v) is 18.6. The third-order valence-electron chi connectivity index (χ3n) is 5.21. The smallest absolute Gasteiger partial charge is 0.253 e. The second-order valence-corrected chi connectivity index (χ2v) is 8.99. The monoisotopic (exact) mass is 424 g/mol. The van der Waals surface area contributed by atoms with E-state index in [1.807, 2.05) is 0 Å². The Labute approximate surface area is 182 Å². The molecule has 0 aliphatic carbocycles. The van der Waals surface area contributed by atoms with Gasteiger partial charge in [0.1, 0.15) is 5.75 Å². The van der Waals surface area contributed by atoms with E-state index in [0.717, 1.165) is 19.5 Å². The Morgan fingerprint density at radius 1 is 1.26 bits per heavy atom. The van der Waals surface area contributed by atoms with E-state index < -0.39 is 0 Å². The lowest BCUT2D eigenvalue weighted by Crippen LogP contribution is -2.45. The lowest BCUT2D eigenvalue weighted by Gasteiger charge is -2.26. The number of hydrogen-bond donors (Lipinski definition) is 4. The van der Waals surface area contributed by atoms with Crippen LogP contribution in [0.5, 0.6) is 5.75 Å². The second-order valence-electron chi connectivity index (χ2n) is 8.99. The highest BCUT2D eigenvalue weighted by Crippen LogP contribution is 2.28. The van der Waals surface area contributed by atoms with Crippen LogP contribution in [0.15, 0.2) is 53.4 Å². The topological polar surface area (TPSA) is 122 Å². The van der Waals surface area contributed by atoms with Gasteiger partial charge in [-0.2, -0.15) is 0 Å². The molecular weight excluding hydrogens is 392 g/mol. The summed E-state index contributed by atoms with van der Waals surface area (Å²) in [6.07, 6.45) is 5.95. The van der Waals surface area contributed by atoms with Crippen LogP contribution in [0, 0.1) is 0 Å². The molecule has 8 nitrogen and oxygen atoms in total. The van der Waals surface area contributed by atoms with Gasteiger partial charge in [-0.25, -0.2) is 4.98 Å². The van der Waals surface area contributed by atoms with Crippen LogP contribution in [0.1, 0.15) is 32.8 Å². The van der Waals surface area contributed by atoms with Crippen LogP contribution in [-0.2, 0) is 7.05 Å². The first-order valence-corrected chi connectivity index (χ1v) is 10.4. The fourth-order valence-corrected chi connectivity index (χ4v) is 3.65. The zero-order valence-electron chi connectivity index (χ0n) is 18.6. The molecule has 6 N–H and O–H groups in total. The SMILES string of the molecule is Cn1cnc(-c2ccc(/C(N)=C/C=C(\N)N3CCC(NC(C)(C)C)C3)c(O)c2)cc1=O. The summed E-state index contributed by atoms with van der Waals surface area (Å²) in [6.45, 7) is 8.20. The van der Waals surface area contributed by atoms with Gasteiger partial charge < -0.3 is 31.4 Å². The molecule has 0 saturated carbocycles. The van der Waals surface area contributed by atoms with Crippen molar-refractivity contribution in [3.05, 3.63) is 64.5 Å². The van der Waals surface area contributed by atoms with Gasteiger partial charge in [-0.3, -0.25) is 4.79 Å². The van der Waals surface area contributed by atoms with Gasteiger partial charge in [-0.15, -0.1) is 0 Å². The normalized spacial score (nSPS) is 17.9. The quantitative estimate of drug-likeness (QED) is 0.539. The Bertz CT molecular complexity index is 1060. The minimum absolute atomic E-state index is 0.0105. The first kappa shape index (κ1) is 22.4. The Hall–Kier alpha value is -3.26. The number of benzene rings is 1. The number of aromatic hydroxyl groups is 1. The lowest BCUT2D eigenvalue weighted by atomic mass is 10.1. The molecule has 1 aliphatic rings. The van der Waals surface area contributed by atoms with Crippen molar-refractivity contribution in [2.75, 3.05) is 13.1 Å². The Kier molecular flexibility index (Phi) is 6.40. The van der Waals surface area contributed by atoms with Gasteiger partial charge in [-0.05, 0) is 51.5 Å². The minimum Gasteiger partial charge on any atom is -0.507 e. The molecule has 8 heteroatoms. The summed E-state index contributed by atoms with van der Waals surface area (Å²) in [4.78, 5) is 18.2. The van der Waals surface area contributed by atoms with Gasteiger partial charge in [0.05, 0.1) is 17.8 Å². The van der Waals surface area contributed by atoms with Gasteiger partial charge in [-0.1, -0.05) is 6.07 Å². The third-order valence-corrected chi connectivity index (χ3v) is 5.21. The number of phenolic OH excluding ortho intramolecular Hbond substituents is 1. The molecule has 0 amide bonds. The number of nitrogens with one attached hydrogen (secondary N) is 1. The van der Waals surface area contributed by atoms with Crippen LogP contribution in [0.25, 0.3) is 17.0 Å². The van der Waals surface area contributed by atoms with Gasteiger partial charge in [0.25, 0.3) is 5.56 Å². The Morgan fingerprint density at radius 2 is 2.00 bits per heavy atom. The molecule has 1 aromatic heterocycles. The van der Waals surface area contributed by atoms with E-state index in [1.54, 1.807) is 37.4 Å². The molecule has 1 aliphatic heterocycles. The Balaban J connectivity index is 1.72. The number of nitrogens with two attached hydrogens (primary N) is 2. The predicted molar refractivity (Wildman–Crippen MR) is 124 cm³/mol. The fourth-order valence-electron chi connectivity index (χ4n) is 3.65. The first-order chi connectivity index (χ1) is 14.5. The molecule has 1 atom stereocenters. The Morgan fingerprint density at radius 3 is 2.65 bits per heavy atom.